The number of nitrogens with one attached hydrogen (secondary N) is 2. The quantitative estimate of drug-likeness (QED) is 0.735. The summed E-state index contributed by atoms with van der Waals surface area (Å²) >= 11 is 0. The number of aliphatic hydroxyl groups is 1. The van der Waals surface area contributed by atoms with Crippen molar-refractivity contribution in [1.82, 2.24) is 10.6 Å². The first-order valence-electron chi connectivity index (χ1n) is 8.44. The number of rotatable bonds is 3. The lowest BCUT2D eigenvalue weighted by molar-refractivity contribution is -0.124. The molecule has 0 aromatic heterocycles. The number of hydrogen-bond donors (Lipinski definition) is 3. The zero-order chi connectivity index (χ0) is 13.9. The van der Waals surface area contributed by atoms with Crippen LogP contribution in [0.4, 0.5) is 0 Å². The molecule has 2 saturated carbocycles. The highest BCUT2D eigenvalue weighted by molar-refractivity contribution is 5.81. The lowest BCUT2D eigenvalue weighted by atomic mass is 9.77. The van der Waals surface area contributed by atoms with E-state index in [2.05, 4.69) is 10.6 Å². The van der Waals surface area contributed by atoms with Gasteiger partial charge < -0.3 is 15.7 Å². The average molecular weight is 280 g/mol. The molecule has 4 heteroatoms. The van der Waals surface area contributed by atoms with Gasteiger partial charge in [0.2, 0.25) is 5.91 Å². The van der Waals surface area contributed by atoms with E-state index >= 15 is 0 Å². The smallest absolute Gasteiger partial charge is 0.237 e. The summed E-state index contributed by atoms with van der Waals surface area (Å²) < 4.78 is 0. The zero-order valence-corrected chi connectivity index (χ0v) is 12.3. The van der Waals surface area contributed by atoms with Crippen molar-refractivity contribution in [3.63, 3.8) is 0 Å². The van der Waals surface area contributed by atoms with E-state index < -0.39 is 0 Å². The Bertz CT molecular complexity index is 347. The third kappa shape index (κ3) is 3.34. The van der Waals surface area contributed by atoms with Crippen LogP contribution in [-0.2, 0) is 4.79 Å². The van der Waals surface area contributed by atoms with Crippen LogP contribution in [0.5, 0.6) is 0 Å². The largest absolute Gasteiger partial charge is 0.393 e. The third-order valence-corrected chi connectivity index (χ3v) is 5.55. The molecule has 2 aliphatic carbocycles. The maximum atomic E-state index is 12.3. The molecule has 0 aromatic carbocycles. The van der Waals surface area contributed by atoms with E-state index in [1.807, 2.05) is 0 Å². The molecule has 0 aromatic rings. The molecule has 3 aliphatic rings. The van der Waals surface area contributed by atoms with Gasteiger partial charge in [-0.15, -0.1) is 0 Å². The first kappa shape index (κ1) is 14.3. The first-order chi connectivity index (χ1) is 9.72. The van der Waals surface area contributed by atoms with E-state index in [1.165, 1.54) is 32.1 Å². The van der Waals surface area contributed by atoms with Gasteiger partial charge in [-0.25, -0.2) is 0 Å². The molecular weight excluding hydrogens is 252 g/mol. The monoisotopic (exact) mass is 280 g/mol. The number of amides is 1. The SMILES string of the molecule is O=C(NCC1CCC(O)C1)C1CCC2CCCCC2N1. The van der Waals surface area contributed by atoms with E-state index in [9.17, 15) is 9.90 Å². The lowest BCUT2D eigenvalue weighted by Crippen LogP contribution is -2.55. The number of carbonyl (C=O) groups is 1. The summed E-state index contributed by atoms with van der Waals surface area (Å²) in [4.78, 5) is 12.3. The summed E-state index contributed by atoms with van der Waals surface area (Å²) in [6.07, 6.45) is 10.1. The van der Waals surface area contributed by atoms with Gasteiger partial charge in [0.05, 0.1) is 12.1 Å². The van der Waals surface area contributed by atoms with Gasteiger partial charge in [-0.2, -0.15) is 0 Å². The van der Waals surface area contributed by atoms with Crippen LogP contribution in [-0.4, -0.2) is 35.7 Å². The van der Waals surface area contributed by atoms with E-state index in [0.29, 0.717) is 12.0 Å². The molecule has 5 unspecified atom stereocenters. The minimum atomic E-state index is -0.146. The van der Waals surface area contributed by atoms with Gasteiger partial charge in [-0.1, -0.05) is 12.8 Å². The fourth-order valence-electron chi connectivity index (χ4n) is 4.30. The average Bonchev–Trinajstić information content (AvgIpc) is 2.90. The minimum absolute atomic E-state index is 0.0145. The van der Waals surface area contributed by atoms with Crippen molar-refractivity contribution in [2.45, 2.75) is 76.0 Å². The zero-order valence-electron chi connectivity index (χ0n) is 12.3. The van der Waals surface area contributed by atoms with E-state index in [0.717, 1.165) is 38.1 Å². The highest BCUT2D eigenvalue weighted by Gasteiger charge is 2.34. The van der Waals surface area contributed by atoms with Crippen molar-refractivity contribution < 1.29 is 9.90 Å². The van der Waals surface area contributed by atoms with Gasteiger partial charge in [-0.3, -0.25) is 4.79 Å². The second kappa shape index (κ2) is 6.44. The van der Waals surface area contributed by atoms with Crippen LogP contribution < -0.4 is 10.6 Å². The first-order valence-corrected chi connectivity index (χ1v) is 8.44. The van der Waals surface area contributed by atoms with Gasteiger partial charge in [0.15, 0.2) is 0 Å². The van der Waals surface area contributed by atoms with Crippen molar-refractivity contribution in [1.29, 1.82) is 0 Å². The molecule has 4 nitrogen and oxygen atoms in total. The van der Waals surface area contributed by atoms with Crippen LogP contribution in [0.3, 0.4) is 0 Å². The number of piperidine rings is 1. The summed E-state index contributed by atoms with van der Waals surface area (Å²) in [6.45, 7) is 0.738. The Morgan fingerprint density at radius 1 is 1.10 bits per heavy atom. The van der Waals surface area contributed by atoms with Crippen LogP contribution in [0.15, 0.2) is 0 Å². The number of aliphatic hydroxyl groups excluding tert-OH is 1. The Morgan fingerprint density at radius 2 is 1.95 bits per heavy atom. The van der Waals surface area contributed by atoms with Crippen LogP contribution in [0, 0.1) is 11.8 Å². The Balaban J connectivity index is 1.43. The van der Waals surface area contributed by atoms with Crippen molar-refractivity contribution in [3.05, 3.63) is 0 Å². The van der Waals surface area contributed by atoms with E-state index in [1.54, 1.807) is 0 Å². The third-order valence-electron chi connectivity index (χ3n) is 5.55. The molecule has 3 fully saturated rings. The number of carbonyl (C=O) groups excluding carboxylic acids is 1. The summed E-state index contributed by atoms with van der Waals surface area (Å²) in [5.74, 6) is 1.45. The summed E-state index contributed by atoms with van der Waals surface area (Å²) in [6, 6.07) is 0.585. The Hall–Kier alpha value is -0.610. The molecule has 3 N–H and O–H groups in total. The fraction of sp³-hybridized carbons (Fsp3) is 0.938. The van der Waals surface area contributed by atoms with Crippen LogP contribution >= 0.6 is 0 Å². The van der Waals surface area contributed by atoms with E-state index in [4.69, 9.17) is 0 Å². The maximum absolute atomic E-state index is 12.3. The highest BCUT2D eigenvalue weighted by Crippen LogP contribution is 2.32. The molecule has 1 heterocycles. The molecular formula is C16H28N2O2. The van der Waals surface area contributed by atoms with Crippen LogP contribution in [0.2, 0.25) is 0 Å². The maximum Gasteiger partial charge on any atom is 0.237 e. The Morgan fingerprint density at radius 3 is 2.75 bits per heavy atom. The highest BCUT2D eigenvalue weighted by atomic mass is 16.3. The molecule has 1 amide bonds. The summed E-state index contributed by atoms with van der Waals surface area (Å²) in [5.41, 5.74) is 0. The second-order valence-electron chi connectivity index (χ2n) is 7.03. The number of hydrogen-bond acceptors (Lipinski definition) is 3. The van der Waals surface area contributed by atoms with Gasteiger partial charge in [0.1, 0.15) is 0 Å². The van der Waals surface area contributed by atoms with Crippen molar-refractivity contribution in [2.24, 2.45) is 11.8 Å². The molecule has 0 radical (unpaired) electrons. The second-order valence-corrected chi connectivity index (χ2v) is 7.03. The summed E-state index contributed by atoms with van der Waals surface area (Å²) in [5, 5.41) is 16.2. The molecule has 1 aliphatic heterocycles. The molecule has 5 atom stereocenters. The van der Waals surface area contributed by atoms with Gasteiger partial charge in [0.25, 0.3) is 0 Å². The predicted octanol–water partition coefficient (Wildman–Crippen LogP) is 1.57. The molecule has 0 bridgehead atoms. The predicted molar refractivity (Wildman–Crippen MR) is 78.3 cm³/mol. The van der Waals surface area contributed by atoms with Crippen LogP contribution in [0.25, 0.3) is 0 Å². The van der Waals surface area contributed by atoms with Crippen molar-refractivity contribution in [3.8, 4) is 0 Å². The summed E-state index contributed by atoms with van der Waals surface area (Å²) in [7, 11) is 0. The Kier molecular flexibility index (Phi) is 4.61. The fourth-order valence-corrected chi connectivity index (χ4v) is 4.30. The standard InChI is InChI=1S/C16H28N2O2/c19-13-7-5-11(9-13)10-17-16(20)15-8-6-12-3-1-2-4-14(12)18-15/h11-15,18-19H,1-10H2,(H,17,20). The lowest BCUT2D eigenvalue weighted by Gasteiger charge is -2.40. The number of fused-ring (bicyclic) bond motifs is 1. The van der Waals surface area contributed by atoms with E-state index in [-0.39, 0.29) is 18.1 Å². The Labute approximate surface area is 121 Å². The molecule has 114 valence electrons. The van der Waals surface area contributed by atoms with Crippen molar-refractivity contribution >= 4 is 5.91 Å². The molecule has 1 saturated heterocycles. The van der Waals surface area contributed by atoms with Crippen LogP contribution in [0.1, 0.15) is 57.8 Å². The topological polar surface area (TPSA) is 61.4 Å². The minimum Gasteiger partial charge on any atom is -0.393 e. The van der Waals surface area contributed by atoms with Gasteiger partial charge >= 0.3 is 0 Å². The molecule has 0 spiro atoms. The van der Waals surface area contributed by atoms with Gasteiger partial charge in [0, 0.05) is 12.6 Å². The molecule has 3 rings (SSSR count). The van der Waals surface area contributed by atoms with Crippen molar-refractivity contribution in [2.75, 3.05) is 6.54 Å². The van der Waals surface area contributed by atoms with Gasteiger partial charge in [-0.05, 0) is 56.8 Å². The normalized spacial score (nSPS) is 41.1. The molecule has 20 heavy (non-hydrogen) atoms.